The number of thioether (sulfide) groups is 1. The van der Waals surface area contributed by atoms with E-state index in [1.54, 1.807) is 24.3 Å². The van der Waals surface area contributed by atoms with Crippen LogP contribution in [0.5, 0.6) is 17.2 Å². The van der Waals surface area contributed by atoms with Gasteiger partial charge in [0.1, 0.15) is 5.75 Å². The van der Waals surface area contributed by atoms with Gasteiger partial charge in [0.2, 0.25) is 12.7 Å². The van der Waals surface area contributed by atoms with Gasteiger partial charge in [0.15, 0.2) is 11.5 Å². The number of aryl methyl sites for hydroxylation is 2. The third kappa shape index (κ3) is 5.31. The van der Waals surface area contributed by atoms with Crippen LogP contribution in [0.25, 0.3) is 6.08 Å². The predicted molar refractivity (Wildman–Crippen MR) is 124 cm³/mol. The van der Waals surface area contributed by atoms with Gasteiger partial charge in [-0.15, -0.1) is 0 Å². The standard InChI is InChI=1S/C24H24N2O6S/c1-15-4-3-5-16(2)22(15)30-11-8-21(27)25-9-10-26-23(28)20(33-24(26)29)13-17-6-7-18-19(12-17)32-14-31-18/h3-7,12-13H,8-11,14H2,1-2H3,(H,25,27)/b20-13-. The Balaban J connectivity index is 1.24. The Kier molecular flexibility index (Phi) is 6.88. The molecule has 0 aliphatic carbocycles. The maximum Gasteiger partial charge on any atom is 0.293 e. The second-order valence-corrected chi connectivity index (χ2v) is 8.61. The fourth-order valence-corrected chi connectivity index (χ4v) is 4.38. The van der Waals surface area contributed by atoms with Crippen molar-refractivity contribution in [2.24, 2.45) is 0 Å². The van der Waals surface area contributed by atoms with Gasteiger partial charge in [0.25, 0.3) is 11.1 Å². The predicted octanol–water partition coefficient (Wildman–Crippen LogP) is 3.65. The minimum atomic E-state index is -0.379. The summed E-state index contributed by atoms with van der Waals surface area (Å²) < 4.78 is 16.4. The van der Waals surface area contributed by atoms with Crippen molar-refractivity contribution in [2.75, 3.05) is 26.5 Å². The molecular weight excluding hydrogens is 444 g/mol. The molecule has 0 radical (unpaired) electrons. The van der Waals surface area contributed by atoms with Gasteiger partial charge in [-0.1, -0.05) is 24.3 Å². The Labute approximate surface area is 195 Å². The highest BCUT2D eigenvalue weighted by molar-refractivity contribution is 8.18. The Morgan fingerprint density at radius 3 is 2.70 bits per heavy atom. The summed E-state index contributed by atoms with van der Waals surface area (Å²) in [4.78, 5) is 38.5. The van der Waals surface area contributed by atoms with Gasteiger partial charge in [-0.2, -0.15) is 0 Å². The molecule has 2 aromatic rings. The summed E-state index contributed by atoms with van der Waals surface area (Å²) in [6, 6.07) is 11.2. The van der Waals surface area contributed by atoms with Crippen LogP contribution in [0, 0.1) is 13.8 Å². The van der Waals surface area contributed by atoms with E-state index in [0.717, 1.165) is 39.1 Å². The number of benzene rings is 2. The molecule has 1 N–H and O–H groups in total. The molecule has 1 fully saturated rings. The zero-order valence-electron chi connectivity index (χ0n) is 18.4. The van der Waals surface area contributed by atoms with Gasteiger partial charge in [-0.25, -0.2) is 0 Å². The molecule has 2 heterocycles. The molecule has 2 aromatic carbocycles. The molecule has 172 valence electrons. The molecule has 3 amide bonds. The summed E-state index contributed by atoms with van der Waals surface area (Å²) in [5.74, 6) is 1.46. The maximum atomic E-state index is 12.6. The molecule has 9 heteroatoms. The second-order valence-electron chi connectivity index (χ2n) is 7.62. The van der Waals surface area contributed by atoms with E-state index in [4.69, 9.17) is 14.2 Å². The lowest BCUT2D eigenvalue weighted by Gasteiger charge is -2.14. The number of fused-ring (bicyclic) bond motifs is 1. The monoisotopic (exact) mass is 468 g/mol. The SMILES string of the molecule is Cc1cccc(C)c1OCCC(=O)NCCN1C(=O)S/C(=C\c2ccc3c(c2)OCO3)C1=O. The Bertz CT molecular complexity index is 1110. The normalized spacial score (nSPS) is 15.9. The van der Waals surface area contributed by atoms with Gasteiger partial charge in [-0.3, -0.25) is 19.3 Å². The minimum absolute atomic E-state index is 0.104. The van der Waals surface area contributed by atoms with E-state index in [0.29, 0.717) is 16.4 Å². The molecule has 4 rings (SSSR count). The van der Waals surface area contributed by atoms with Crippen molar-refractivity contribution >= 4 is 34.9 Å². The molecule has 1 saturated heterocycles. The van der Waals surface area contributed by atoms with Crippen LogP contribution in [-0.4, -0.2) is 48.4 Å². The number of carbonyl (C=O) groups excluding carboxylic acids is 3. The second kappa shape index (κ2) is 9.99. The highest BCUT2D eigenvalue weighted by Crippen LogP contribution is 2.36. The summed E-state index contributed by atoms with van der Waals surface area (Å²) in [5, 5.41) is 2.37. The summed E-state index contributed by atoms with van der Waals surface area (Å²) >= 11 is 0.877. The zero-order chi connectivity index (χ0) is 23.4. The summed E-state index contributed by atoms with van der Waals surface area (Å²) in [7, 11) is 0. The van der Waals surface area contributed by atoms with E-state index in [-0.39, 0.29) is 50.0 Å². The average molecular weight is 469 g/mol. The fourth-order valence-electron chi connectivity index (χ4n) is 3.52. The average Bonchev–Trinajstić information content (AvgIpc) is 3.35. The molecule has 0 spiro atoms. The van der Waals surface area contributed by atoms with Gasteiger partial charge >= 0.3 is 0 Å². The van der Waals surface area contributed by atoms with Gasteiger partial charge in [0.05, 0.1) is 17.9 Å². The molecule has 2 aliphatic rings. The van der Waals surface area contributed by atoms with Crippen molar-refractivity contribution < 1.29 is 28.6 Å². The van der Waals surface area contributed by atoms with Gasteiger partial charge in [-0.05, 0) is 60.5 Å². The number of imide groups is 1. The zero-order valence-corrected chi connectivity index (χ0v) is 19.2. The number of rotatable bonds is 8. The van der Waals surface area contributed by atoms with Crippen LogP contribution in [0.4, 0.5) is 4.79 Å². The summed E-state index contributed by atoms with van der Waals surface area (Å²) in [6.45, 7) is 4.61. The van der Waals surface area contributed by atoms with Crippen molar-refractivity contribution in [1.29, 1.82) is 0 Å². The molecule has 33 heavy (non-hydrogen) atoms. The number of para-hydroxylation sites is 1. The van der Waals surface area contributed by atoms with Crippen LogP contribution in [0.1, 0.15) is 23.1 Å². The summed E-state index contributed by atoms with van der Waals surface area (Å²) in [6.07, 6.45) is 1.83. The number of carbonyl (C=O) groups is 3. The van der Waals surface area contributed by atoms with Crippen molar-refractivity contribution in [3.05, 3.63) is 58.0 Å². The summed E-state index contributed by atoms with van der Waals surface area (Å²) in [5.41, 5.74) is 2.77. The number of hydrogen-bond acceptors (Lipinski definition) is 7. The number of nitrogens with zero attached hydrogens (tertiary/aromatic N) is 1. The largest absolute Gasteiger partial charge is 0.493 e. The molecule has 0 unspecified atom stereocenters. The Hall–Kier alpha value is -3.46. The van der Waals surface area contributed by atoms with Crippen LogP contribution in [0.15, 0.2) is 41.3 Å². The van der Waals surface area contributed by atoms with Crippen molar-refractivity contribution in [3.63, 3.8) is 0 Å². The van der Waals surface area contributed by atoms with Crippen LogP contribution in [0.2, 0.25) is 0 Å². The molecule has 0 atom stereocenters. The molecule has 0 saturated carbocycles. The van der Waals surface area contributed by atoms with E-state index in [9.17, 15) is 14.4 Å². The van der Waals surface area contributed by atoms with Crippen LogP contribution in [0.3, 0.4) is 0 Å². The van der Waals surface area contributed by atoms with Crippen molar-refractivity contribution in [1.82, 2.24) is 10.2 Å². The van der Waals surface area contributed by atoms with Crippen LogP contribution >= 0.6 is 11.8 Å². The van der Waals surface area contributed by atoms with Crippen molar-refractivity contribution in [2.45, 2.75) is 20.3 Å². The van der Waals surface area contributed by atoms with E-state index in [2.05, 4.69) is 5.32 Å². The number of amides is 3. The number of hydrogen-bond donors (Lipinski definition) is 1. The topological polar surface area (TPSA) is 94.2 Å². The van der Waals surface area contributed by atoms with E-state index < -0.39 is 0 Å². The van der Waals surface area contributed by atoms with Crippen LogP contribution < -0.4 is 19.5 Å². The van der Waals surface area contributed by atoms with Gasteiger partial charge in [0, 0.05) is 13.1 Å². The maximum absolute atomic E-state index is 12.6. The highest BCUT2D eigenvalue weighted by Gasteiger charge is 2.34. The van der Waals surface area contributed by atoms with E-state index in [1.165, 1.54) is 0 Å². The first-order valence-corrected chi connectivity index (χ1v) is 11.3. The lowest BCUT2D eigenvalue weighted by molar-refractivity contribution is -0.124. The number of nitrogens with one attached hydrogen (secondary N) is 1. The molecule has 0 aromatic heterocycles. The first kappa shape index (κ1) is 22.7. The molecule has 8 nitrogen and oxygen atoms in total. The smallest absolute Gasteiger partial charge is 0.293 e. The minimum Gasteiger partial charge on any atom is -0.493 e. The first-order valence-electron chi connectivity index (χ1n) is 10.5. The molecular formula is C24H24N2O6S. The Morgan fingerprint density at radius 1 is 1.15 bits per heavy atom. The Morgan fingerprint density at radius 2 is 1.91 bits per heavy atom. The first-order chi connectivity index (χ1) is 15.9. The van der Waals surface area contributed by atoms with E-state index >= 15 is 0 Å². The lowest BCUT2D eigenvalue weighted by atomic mass is 10.1. The lowest BCUT2D eigenvalue weighted by Crippen LogP contribution is -2.37. The van der Waals surface area contributed by atoms with E-state index in [1.807, 2.05) is 32.0 Å². The fraction of sp³-hybridized carbons (Fsp3) is 0.292. The van der Waals surface area contributed by atoms with Gasteiger partial charge < -0.3 is 19.5 Å². The number of ether oxygens (including phenoxy) is 3. The van der Waals surface area contributed by atoms with Crippen LogP contribution in [-0.2, 0) is 9.59 Å². The van der Waals surface area contributed by atoms with Crippen molar-refractivity contribution in [3.8, 4) is 17.2 Å². The third-order valence-corrected chi connectivity index (χ3v) is 6.12. The highest BCUT2D eigenvalue weighted by atomic mass is 32.2. The quantitative estimate of drug-likeness (QED) is 0.591. The molecule has 0 bridgehead atoms. The third-order valence-electron chi connectivity index (χ3n) is 5.21. The molecule has 2 aliphatic heterocycles.